The molecule has 2 aromatic heterocycles. The zero-order valence-electron chi connectivity index (χ0n) is 13.8. The van der Waals surface area contributed by atoms with Crippen molar-refractivity contribution in [2.75, 3.05) is 5.32 Å². The van der Waals surface area contributed by atoms with Crippen LogP contribution in [0.25, 0.3) is 11.0 Å². The molecule has 7 nitrogen and oxygen atoms in total. The van der Waals surface area contributed by atoms with E-state index in [9.17, 15) is 14.4 Å². The highest BCUT2D eigenvalue weighted by Crippen LogP contribution is 2.18. The van der Waals surface area contributed by atoms with E-state index in [-0.39, 0.29) is 16.7 Å². The van der Waals surface area contributed by atoms with Crippen LogP contribution in [0.4, 0.5) is 5.13 Å². The van der Waals surface area contributed by atoms with Crippen LogP contribution in [0, 0.1) is 0 Å². The van der Waals surface area contributed by atoms with Crippen molar-refractivity contribution < 1.29 is 9.59 Å². The molecule has 1 N–H and O–H groups in total. The number of carbonyl (C=O) groups excluding carboxylic acids is 2. The third kappa shape index (κ3) is 3.25. The molecule has 0 saturated carbocycles. The molecule has 0 bridgehead atoms. The highest BCUT2D eigenvalue weighted by Gasteiger charge is 2.18. The number of rotatable bonds is 3. The lowest BCUT2D eigenvalue weighted by molar-refractivity contribution is 0.0955. The fourth-order valence-corrected chi connectivity index (χ4v) is 3.26. The number of hydrogen-bond donors (Lipinski definition) is 1. The average molecular weight is 376 g/mol. The topological polar surface area (TPSA) is 94.0 Å². The van der Waals surface area contributed by atoms with E-state index in [4.69, 9.17) is 0 Å². The Bertz CT molecular complexity index is 1210. The maximum atomic E-state index is 12.8. The average Bonchev–Trinajstić information content (AvgIpc) is 3.16. The van der Waals surface area contributed by atoms with Crippen molar-refractivity contribution in [2.24, 2.45) is 0 Å². The number of aromatic nitrogens is 3. The second-order valence-corrected chi connectivity index (χ2v) is 6.44. The molecule has 4 rings (SSSR count). The van der Waals surface area contributed by atoms with Gasteiger partial charge < -0.3 is 0 Å². The van der Waals surface area contributed by atoms with Crippen LogP contribution in [0.15, 0.2) is 71.0 Å². The van der Waals surface area contributed by atoms with Gasteiger partial charge in [0.05, 0.1) is 17.2 Å². The summed E-state index contributed by atoms with van der Waals surface area (Å²) in [6, 6.07) is 15.5. The smallest absolute Gasteiger partial charge is 0.284 e. The monoisotopic (exact) mass is 376 g/mol. The third-order valence-corrected chi connectivity index (χ3v) is 4.60. The van der Waals surface area contributed by atoms with Gasteiger partial charge in [-0.3, -0.25) is 19.7 Å². The molecule has 0 radical (unpaired) electrons. The van der Waals surface area contributed by atoms with Gasteiger partial charge in [0.25, 0.3) is 17.4 Å². The van der Waals surface area contributed by atoms with Gasteiger partial charge in [0.2, 0.25) is 0 Å². The van der Waals surface area contributed by atoms with Crippen molar-refractivity contribution in [3.8, 4) is 0 Å². The molecule has 0 aliphatic rings. The molecule has 0 aliphatic heterocycles. The van der Waals surface area contributed by atoms with Crippen molar-refractivity contribution in [1.29, 1.82) is 0 Å². The van der Waals surface area contributed by atoms with Gasteiger partial charge in [-0.1, -0.05) is 30.3 Å². The molecule has 2 aromatic carbocycles. The lowest BCUT2D eigenvalue weighted by Crippen LogP contribution is -2.28. The van der Waals surface area contributed by atoms with Crippen LogP contribution >= 0.6 is 11.3 Å². The van der Waals surface area contributed by atoms with E-state index in [1.807, 2.05) is 6.07 Å². The van der Waals surface area contributed by atoms with Gasteiger partial charge in [-0.15, -0.1) is 11.3 Å². The minimum atomic E-state index is -0.574. The molecule has 0 spiro atoms. The molecular weight excluding hydrogens is 364 g/mol. The fourth-order valence-electron chi connectivity index (χ4n) is 2.58. The summed E-state index contributed by atoms with van der Waals surface area (Å²) in [5, 5.41) is 4.43. The summed E-state index contributed by atoms with van der Waals surface area (Å²) < 4.78 is 1.03. The van der Waals surface area contributed by atoms with Gasteiger partial charge in [0.1, 0.15) is 5.69 Å². The largest absolute Gasteiger partial charge is 0.298 e. The van der Waals surface area contributed by atoms with Gasteiger partial charge in [0.15, 0.2) is 5.13 Å². The Balaban J connectivity index is 1.64. The van der Waals surface area contributed by atoms with E-state index < -0.39 is 11.5 Å². The number of fused-ring (bicyclic) bond motifs is 1. The van der Waals surface area contributed by atoms with Crippen molar-refractivity contribution in [3.05, 3.63) is 87.8 Å². The number of amides is 1. The highest BCUT2D eigenvalue weighted by atomic mass is 32.1. The first-order chi connectivity index (χ1) is 13.1. The molecule has 0 saturated heterocycles. The van der Waals surface area contributed by atoms with Crippen LogP contribution in [-0.2, 0) is 0 Å². The maximum Gasteiger partial charge on any atom is 0.284 e. The summed E-state index contributed by atoms with van der Waals surface area (Å²) in [6.45, 7) is 0. The number of benzene rings is 2. The Morgan fingerprint density at radius 1 is 1.00 bits per heavy atom. The Morgan fingerprint density at radius 2 is 1.74 bits per heavy atom. The third-order valence-electron chi connectivity index (χ3n) is 3.84. The summed E-state index contributed by atoms with van der Waals surface area (Å²) >= 11 is 1.11. The first kappa shape index (κ1) is 16.8. The summed E-state index contributed by atoms with van der Waals surface area (Å²) in [7, 11) is 0. The van der Waals surface area contributed by atoms with E-state index in [1.54, 1.807) is 48.5 Å². The minimum absolute atomic E-state index is 0.0711. The van der Waals surface area contributed by atoms with Crippen LogP contribution in [0.2, 0.25) is 0 Å². The normalized spacial score (nSPS) is 10.7. The lowest BCUT2D eigenvalue weighted by atomic mass is 10.2. The van der Waals surface area contributed by atoms with E-state index in [1.165, 1.54) is 5.38 Å². The zero-order valence-corrected chi connectivity index (χ0v) is 14.6. The van der Waals surface area contributed by atoms with Gasteiger partial charge in [-0.2, -0.15) is 0 Å². The van der Waals surface area contributed by atoms with Crippen LogP contribution in [-0.4, -0.2) is 26.3 Å². The van der Waals surface area contributed by atoms with Crippen molar-refractivity contribution in [2.45, 2.75) is 0 Å². The molecule has 0 unspecified atom stereocenters. The Kier molecular flexibility index (Phi) is 4.31. The molecule has 27 heavy (non-hydrogen) atoms. The molecule has 8 heteroatoms. The second-order valence-electron chi connectivity index (χ2n) is 5.58. The zero-order chi connectivity index (χ0) is 18.8. The van der Waals surface area contributed by atoms with Crippen LogP contribution in [0.1, 0.15) is 20.8 Å². The molecule has 132 valence electrons. The van der Waals surface area contributed by atoms with Gasteiger partial charge >= 0.3 is 0 Å². The predicted molar refractivity (Wildman–Crippen MR) is 102 cm³/mol. The van der Waals surface area contributed by atoms with Crippen molar-refractivity contribution in [3.63, 3.8) is 0 Å². The standard InChI is InChI=1S/C19H12N4O3S/c24-16-10-20-13-8-4-5-9-15(13)23(16)18(26)14-11-27-19(21-14)22-17(25)12-6-2-1-3-7-12/h1-11H,(H,21,22,25). The molecular formula is C19H12N4O3S. The maximum absolute atomic E-state index is 12.8. The van der Waals surface area contributed by atoms with E-state index in [0.29, 0.717) is 16.6 Å². The van der Waals surface area contributed by atoms with Gasteiger partial charge in [0, 0.05) is 10.9 Å². The van der Waals surface area contributed by atoms with E-state index >= 15 is 0 Å². The minimum Gasteiger partial charge on any atom is -0.298 e. The van der Waals surface area contributed by atoms with Crippen molar-refractivity contribution in [1.82, 2.24) is 14.5 Å². The van der Waals surface area contributed by atoms with E-state index in [0.717, 1.165) is 22.1 Å². The summed E-state index contributed by atoms with van der Waals surface area (Å²) in [4.78, 5) is 45.4. The van der Waals surface area contributed by atoms with Crippen LogP contribution < -0.4 is 10.9 Å². The number of nitrogens with one attached hydrogen (secondary N) is 1. The number of carbonyl (C=O) groups is 2. The Hall–Kier alpha value is -3.65. The first-order valence-electron chi connectivity index (χ1n) is 7.97. The highest BCUT2D eigenvalue weighted by molar-refractivity contribution is 7.14. The second kappa shape index (κ2) is 6.93. The molecule has 2 heterocycles. The SMILES string of the molecule is O=C(Nc1nc(C(=O)n2c(=O)cnc3ccccc32)cs1)c1ccccc1. The first-order valence-corrected chi connectivity index (χ1v) is 8.85. The Labute approximate surface area is 157 Å². The van der Waals surface area contributed by atoms with Crippen LogP contribution in [0.3, 0.4) is 0 Å². The Morgan fingerprint density at radius 3 is 2.56 bits per heavy atom. The van der Waals surface area contributed by atoms with Gasteiger partial charge in [-0.05, 0) is 24.3 Å². The molecule has 0 fully saturated rings. The lowest BCUT2D eigenvalue weighted by Gasteiger charge is -2.06. The van der Waals surface area contributed by atoms with E-state index in [2.05, 4.69) is 15.3 Å². The summed E-state index contributed by atoms with van der Waals surface area (Å²) in [5.41, 5.74) is 0.941. The van der Waals surface area contributed by atoms with Crippen molar-refractivity contribution >= 4 is 39.3 Å². The summed E-state index contributed by atoms with van der Waals surface area (Å²) in [5.74, 6) is -0.898. The number of hydrogen-bond acceptors (Lipinski definition) is 6. The number of thiazole rings is 1. The molecule has 0 aliphatic carbocycles. The van der Waals surface area contributed by atoms with Crippen LogP contribution in [0.5, 0.6) is 0 Å². The van der Waals surface area contributed by atoms with Gasteiger partial charge in [-0.25, -0.2) is 14.5 Å². The number of para-hydroxylation sites is 2. The fraction of sp³-hybridized carbons (Fsp3) is 0. The summed E-state index contributed by atoms with van der Waals surface area (Å²) in [6.07, 6.45) is 1.10. The number of nitrogens with zero attached hydrogens (tertiary/aromatic N) is 3. The number of anilines is 1. The molecule has 4 aromatic rings. The quantitative estimate of drug-likeness (QED) is 0.593. The predicted octanol–water partition coefficient (Wildman–Crippen LogP) is 2.79. The molecule has 0 atom stereocenters. The molecule has 1 amide bonds.